The van der Waals surface area contributed by atoms with E-state index >= 15 is 0 Å². The van der Waals surface area contributed by atoms with Crippen LogP contribution in [0.3, 0.4) is 0 Å². The monoisotopic (exact) mass is 276 g/mol. The molecule has 2 fully saturated rings. The second-order valence-corrected chi connectivity index (χ2v) is 9.26. The molecule has 0 aromatic carbocycles. The second-order valence-electron chi connectivity index (χ2n) is 9.26. The van der Waals surface area contributed by atoms with E-state index in [0.29, 0.717) is 16.2 Å². The molecule has 0 bridgehead atoms. The van der Waals surface area contributed by atoms with Crippen molar-refractivity contribution in [3.63, 3.8) is 0 Å². The summed E-state index contributed by atoms with van der Waals surface area (Å²) in [6.07, 6.45) is 12.7. The third-order valence-corrected chi connectivity index (χ3v) is 6.19. The van der Waals surface area contributed by atoms with Gasteiger partial charge in [0.15, 0.2) is 0 Å². The molecule has 0 N–H and O–H groups in total. The minimum atomic E-state index is 0.367. The molecule has 0 unspecified atom stereocenters. The first-order valence-electron chi connectivity index (χ1n) is 8.91. The predicted octanol–water partition coefficient (Wildman–Crippen LogP) is 6.90. The zero-order chi connectivity index (χ0) is 15.0. The largest absolute Gasteiger partial charge is 0.0704 e. The third-order valence-electron chi connectivity index (χ3n) is 6.19. The van der Waals surface area contributed by atoms with Gasteiger partial charge >= 0.3 is 0 Å². The number of hydrogen-bond acceptors (Lipinski definition) is 0. The van der Waals surface area contributed by atoms with E-state index in [1.54, 1.807) is 0 Å². The van der Waals surface area contributed by atoms with Gasteiger partial charge in [0.05, 0.1) is 0 Å². The van der Waals surface area contributed by atoms with Gasteiger partial charge in [0.1, 0.15) is 0 Å². The molecule has 0 radical (unpaired) electrons. The van der Waals surface area contributed by atoms with E-state index in [4.69, 9.17) is 0 Å². The Morgan fingerprint density at radius 3 is 1.65 bits per heavy atom. The Kier molecular flexibility index (Phi) is 4.43. The van der Waals surface area contributed by atoms with Crippen molar-refractivity contribution < 1.29 is 0 Å². The molecular weight excluding hydrogens is 240 g/mol. The average molecular weight is 277 g/mol. The third kappa shape index (κ3) is 2.60. The van der Waals surface area contributed by atoms with Crippen molar-refractivity contribution in [2.75, 3.05) is 0 Å². The van der Waals surface area contributed by atoms with Crippen LogP contribution in [0.25, 0.3) is 0 Å². The molecule has 2 rings (SSSR count). The maximum absolute atomic E-state index is 2.49. The maximum atomic E-state index is 2.49. The van der Waals surface area contributed by atoms with E-state index in [9.17, 15) is 0 Å². The highest BCUT2D eigenvalue weighted by molar-refractivity contribution is 5.30. The van der Waals surface area contributed by atoms with Gasteiger partial charge in [-0.15, -0.1) is 0 Å². The van der Waals surface area contributed by atoms with Crippen molar-refractivity contribution in [1.82, 2.24) is 0 Å². The average Bonchev–Trinajstić information content (AvgIpc) is 2.37. The Morgan fingerprint density at radius 2 is 1.15 bits per heavy atom. The van der Waals surface area contributed by atoms with Crippen LogP contribution in [0.5, 0.6) is 0 Å². The summed E-state index contributed by atoms with van der Waals surface area (Å²) in [5.74, 6) is 0. The lowest BCUT2D eigenvalue weighted by atomic mass is 9.46. The molecule has 0 saturated heterocycles. The molecular formula is C20H36. The summed E-state index contributed by atoms with van der Waals surface area (Å²) < 4.78 is 0. The topological polar surface area (TPSA) is 0 Å². The minimum absolute atomic E-state index is 0.367. The standard InChI is InChI=1S/C20H36/c1-18(2,3)20(19(4,5)6)15-11-10-14-17(20)16-12-8-7-9-13-16/h7-15H2,1-6H3. The van der Waals surface area contributed by atoms with Crippen molar-refractivity contribution in [2.45, 2.75) is 99.3 Å². The van der Waals surface area contributed by atoms with Gasteiger partial charge in [-0.05, 0) is 55.8 Å². The van der Waals surface area contributed by atoms with Crippen LogP contribution < -0.4 is 0 Å². The van der Waals surface area contributed by atoms with Crippen LogP contribution in [-0.4, -0.2) is 0 Å². The SMILES string of the molecule is CC(C)(C)C1(C(C)(C)C)CCCCC1=C1CCCCC1. The molecule has 0 spiro atoms. The first-order chi connectivity index (χ1) is 9.20. The lowest BCUT2D eigenvalue weighted by Crippen LogP contribution is -2.49. The molecule has 2 aliphatic carbocycles. The fraction of sp³-hybridized carbons (Fsp3) is 0.900. The summed E-state index contributed by atoms with van der Waals surface area (Å²) in [6, 6.07) is 0. The van der Waals surface area contributed by atoms with E-state index in [2.05, 4.69) is 41.5 Å². The van der Waals surface area contributed by atoms with Crippen LogP contribution in [0, 0.1) is 16.2 Å². The molecule has 2 saturated carbocycles. The summed E-state index contributed by atoms with van der Waals surface area (Å²) in [7, 11) is 0. The van der Waals surface area contributed by atoms with Crippen molar-refractivity contribution >= 4 is 0 Å². The molecule has 0 amide bonds. The Bertz CT molecular complexity index is 348. The van der Waals surface area contributed by atoms with E-state index in [1.807, 2.05) is 11.1 Å². The van der Waals surface area contributed by atoms with E-state index < -0.39 is 0 Å². The van der Waals surface area contributed by atoms with E-state index in [0.717, 1.165) is 0 Å². The van der Waals surface area contributed by atoms with Crippen LogP contribution in [0.1, 0.15) is 99.3 Å². The molecule has 0 atom stereocenters. The van der Waals surface area contributed by atoms with Gasteiger partial charge in [0.2, 0.25) is 0 Å². The van der Waals surface area contributed by atoms with Gasteiger partial charge in [0.25, 0.3) is 0 Å². The zero-order valence-electron chi connectivity index (χ0n) is 14.9. The fourth-order valence-corrected chi connectivity index (χ4v) is 5.60. The summed E-state index contributed by atoms with van der Waals surface area (Å²) in [5.41, 5.74) is 4.89. The summed E-state index contributed by atoms with van der Waals surface area (Å²) in [6.45, 7) is 15.0. The predicted molar refractivity (Wildman–Crippen MR) is 89.9 cm³/mol. The minimum Gasteiger partial charge on any atom is -0.0704 e. The van der Waals surface area contributed by atoms with Gasteiger partial charge in [-0.3, -0.25) is 0 Å². The smallest absolute Gasteiger partial charge is 0.00115 e. The molecule has 116 valence electrons. The van der Waals surface area contributed by atoms with Crippen molar-refractivity contribution in [3.8, 4) is 0 Å². The second kappa shape index (κ2) is 5.50. The van der Waals surface area contributed by atoms with Gasteiger partial charge in [-0.25, -0.2) is 0 Å². The van der Waals surface area contributed by atoms with Crippen molar-refractivity contribution in [1.29, 1.82) is 0 Å². The number of hydrogen-bond donors (Lipinski definition) is 0. The van der Waals surface area contributed by atoms with Crippen LogP contribution in [0.2, 0.25) is 0 Å². The lowest BCUT2D eigenvalue weighted by molar-refractivity contribution is -0.0196. The molecule has 20 heavy (non-hydrogen) atoms. The Hall–Kier alpha value is -0.260. The highest BCUT2D eigenvalue weighted by Crippen LogP contribution is 2.63. The highest BCUT2D eigenvalue weighted by Gasteiger charge is 2.53. The lowest BCUT2D eigenvalue weighted by Gasteiger charge is -2.58. The highest BCUT2D eigenvalue weighted by atomic mass is 14.6. The number of allylic oxidation sites excluding steroid dienone is 2. The Morgan fingerprint density at radius 1 is 0.650 bits per heavy atom. The molecule has 2 aliphatic rings. The summed E-state index contributed by atoms with van der Waals surface area (Å²) in [5, 5.41) is 0. The van der Waals surface area contributed by atoms with Crippen molar-refractivity contribution in [3.05, 3.63) is 11.1 Å². The van der Waals surface area contributed by atoms with Gasteiger partial charge < -0.3 is 0 Å². The zero-order valence-corrected chi connectivity index (χ0v) is 14.9. The van der Waals surface area contributed by atoms with E-state index in [1.165, 1.54) is 57.8 Å². The van der Waals surface area contributed by atoms with E-state index in [-0.39, 0.29) is 0 Å². The first kappa shape index (κ1) is 16.1. The molecule has 0 nitrogen and oxygen atoms in total. The van der Waals surface area contributed by atoms with Crippen LogP contribution in [0.15, 0.2) is 11.1 Å². The van der Waals surface area contributed by atoms with Crippen LogP contribution in [-0.2, 0) is 0 Å². The quantitative estimate of drug-likeness (QED) is 0.422. The van der Waals surface area contributed by atoms with Gasteiger partial charge in [-0.2, -0.15) is 0 Å². The maximum Gasteiger partial charge on any atom is 0.00115 e. The summed E-state index contributed by atoms with van der Waals surface area (Å²) >= 11 is 0. The van der Waals surface area contributed by atoms with Gasteiger partial charge in [0, 0.05) is 5.41 Å². The Labute approximate surface area is 127 Å². The molecule has 0 aromatic rings. The fourth-order valence-electron chi connectivity index (χ4n) is 5.60. The van der Waals surface area contributed by atoms with Gasteiger partial charge in [-0.1, -0.05) is 65.5 Å². The summed E-state index contributed by atoms with van der Waals surface area (Å²) in [4.78, 5) is 0. The normalized spacial score (nSPS) is 24.9. The molecule has 0 heteroatoms. The molecule has 0 aliphatic heterocycles. The van der Waals surface area contributed by atoms with Crippen LogP contribution >= 0.6 is 0 Å². The number of rotatable bonds is 0. The van der Waals surface area contributed by atoms with Crippen molar-refractivity contribution in [2.24, 2.45) is 16.2 Å². The molecule has 0 heterocycles. The Balaban J connectivity index is 2.56. The molecule has 0 aromatic heterocycles. The van der Waals surface area contributed by atoms with Crippen LogP contribution in [0.4, 0.5) is 0 Å². The first-order valence-corrected chi connectivity index (χ1v) is 8.91.